The zero-order chi connectivity index (χ0) is 30.7. The number of nitrogens with one attached hydrogen (secondary N) is 2. The van der Waals surface area contributed by atoms with E-state index in [4.69, 9.17) is 9.47 Å². The van der Waals surface area contributed by atoms with Gasteiger partial charge >= 0.3 is 12.1 Å². The summed E-state index contributed by atoms with van der Waals surface area (Å²) in [6.45, 7) is 0. The van der Waals surface area contributed by atoms with Crippen LogP contribution in [-0.2, 0) is 6.18 Å². The molecule has 0 radical (unpaired) electrons. The molecule has 12 heteroatoms. The van der Waals surface area contributed by atoms with E-state index in [1.54, 1.807) is 25.3 Å². The molecule has 0 unspecified atom stereocenters. The summed E-state index contributed by atoms with van der Waals surface area (Å²) >= 11 is 6.67. The molecule has 43 heavy (non-hydrogen) atoms. The summed E-state index contributed by atoms with van der Waals surface area (Å²) in [6, 6.07) is 21.9. The van der Waals surface area contributed by atoms with E-state index >= 15 is 0 Å². The molecule has 0 aliphatic carbocycles. The first kappa shape index (κ1) is 30.1. The van der Waals surface area contributed by atoms with Crippen molar-refractivity contribution >= 4 is 60.9 Å². The molecule has 0 aliphatic heterocycles. The van der Waals surface area contributed by atoms with Gasteiger partial charge in [-0.1, -0.05) is 52.3 Å². The van der Waals surface area contributed by atoms with Crippen LogP contribution in [0.5, 0.6) is 11.5 Å². The molecule has 7 nitrogen and oxygen atoms in total. The van der Waals surface area contributed by atoms with Gasteiger partial charge in [-0.2, -0.15) is 18.3 Å². The standard InChI is InChI=1S/C31H20Br2F3N3O4/c1-42-22-10-11-25-23(15-22)26(17-6-3-2-4-7-17)27(38-25)29(40)39-37-16-19-13-21(32)14-24(33)28(19)43-30(41)18-8-5-9-20(12-18)31(34,35)36/h2-16,38H,1H3,(H,39,40). The van der Waals surface area contributed by atoms with E-state index in [2.05, 4.69) is 47.4 Å². The molecule has 5 aromatic rings. The largest absolute Gasteiger partial charge is 0.497 e. The van der Waals surface area contributed by atoms with Crippen molar-refractivity contribution in [2.75, 3.05) is 7.11 Å². The Morgan fingerprint density at radius 2 is 1.72 bits per heavy atom. The number of carbonyl (C=O) groups is 2. The lowest BCUT2D eigenvalue weighted by atomic mass is 10.0. The van der Waals surface area contributed by atoms with Gasteiger partial charge in [0.05, 0.1) is 28.9 Å². The first-order valence-corrected chi connectivity index (χ1v) is 14.1. The average Bonchev–Trinajstić information content (AvgIpc) is 3.37. The summed E-state index contributed by atoms with van der Waals surface area (Å²) in [5.74, 6) is -0.928. The lowest BCUT2D eigenvalue weighted by Crippen LogP contribution is -2.19. The maximum absolute atomic E-state index is 13.4. The number of hydrogen-bond acceptors (Lipinski definition) is 5. The van der Waals surface area contributed by atoms with E-state index in [1.807, 2.05) is 42.5 Å². The number of methoxy groups -OCH3 is 1. The van der Waals surface area contributed by atoms with Crippen molar-refractivity contribution in [2.45, 2.75) is 6.18 Å². The molecule has 2 N–H and O–H groups in total. The number of aromatic nitrogens is 1. The normalized spacial score (nSPS) is 11.6. The smallest absolute Gasteiger partial charge is 0.416 e. The van der Waals surface area contributed by atoms with E-state index in [0.29, 0.717) is 31.8 Å². The molecule has 0 fully saturated rings. The van der Waals surface area contributed by atoms with Crippen LogP contribution >= 0.6 is 31.9 Å². The van der Waals surface area contributed by atoms with Gasteiger partial charge in [0.25, 0.3) is 5.91 Å². The fourth-order valence-electron chi connectivity index (χ4n) is 4.35. The molecule has 4 aromatic carbocycles. The van der Waals surface area contributed by atoms with Gasteiger partial charge in [-0.3, -0.25) is 4.79 Å². The Morgan fingerprint density at radius 3 is 2.44 bits per heavy atom. The highest BCUT2D eigenvalue weighted by Gasteiger charge is 2.31. The summed E-state index contributed by atoms with van der Waals surface area (Å²) < 4.78 is 51.2. The van der Waals surface area contributed by atoms with E-state index in [0.717, 1.165) is 23.1 Å². The average molecular weight is 715 g/mol. The molecule has 218 valence electrons. The van der Waals surface area contributed by atoms with E-state index in [1.165, 1.54) is 12.3 Å². The zero-order valence-electron chi connectivity index (χ0n) is 22.1. The summed E-state index contributed by atoms with van der Waals surface area (Å²) in [4.78, 5) is 29.3. The minimum atomic E-state index is -4.62. The van der Waals surface area contributed by atoms with Crippen molar-refractivity contribution in [3.05, 3.63) is 116 Å². The van der Waals surface area contributed by atoms with Crippen molar-refractivity contribution < 1.29 is 32.2 Å². The maximum atomic E-state index is 13.4. The minimum Gasteiger partial charge on any atom is -0.497 e. The number of amides is 1. The van der Waals surface area contributed by atoms with Gasteiger partial charge in [0.15, 0.2) is 5.75 Å². The van der Waals surface area contributed by atoms with Crippen molar-refractivity contribution in [3.63, 3.8) is 0 Å². The number of benzene rings is 4. The third-order valence-electron chi connectivity index (χ3n) is 6.32. The number of carbonyl (C=O) groups excluding carboxylic acids is 2. The first-order valence-electron chi connectivity index (χ1n) is 12.5. The monoisotopic (exact) mass is 713 g/mol. The van der Waals surface area contributed by atoms with E-state index in [-0.39, 0.29) is 22.6 Å². The quantitative estimate of drug-likeness (QED) is 0.0767. The van der Waals surface area contributed by atoms with Crippen LogP contribution in [0.1, 0.15) is 32.0 Å². The molecule has 0 aliphatic rings. The molecule has 5 rings (SSSR count). The third kappa shape index (κ3) is 6.65. The van der Waals surface area contributed by atoms with Crippen molar-refractivity contribution in [1.29, 1.82) is 0 Å². The summed E-state index contributed by atoms with van der Waals surface area (Å²) in [5.41, 5.74) is 3.92. The zero-order valence-corrected chi connectivity index (χ0v) is 25.3. The highest BCUT2D eigenvalue weighted by molar-refractivity contribution is 9.11. The Morgan fingerprint density at radius 1 is 0.953 bits per heavy atom. The van der Waals surface area contributed by atoms with Crippen LogP contribution in [0, 0.1) is 0 Å². The van der Waals surface area contributed by atoms with Crippen molar-refractivity contribution in [3.8, 4) is 22.6 Å². The molecule has 1 heterocycles. The second-order valence-corrected chi connectivity index (χ2v) is 10.9. The van der Waals surface area contributed by atoms with Crippen LogP contribution in [0.3, 0.4) is 0 Å². The molecular formula is C31H20Br2F3N3O4. The molecular weight excluding hydrogens is 695 g/mol. The molecule has 0 bridgehead atoms. The van der Waals surface area contributed by atoms with Crippen molar-refractivity contribution in [2.24, 2.45) is 5.10 Å². The van der Waals surface area contributed by atoms with Gasteiger partial charge in [-0.25, -0.2) is 10.2 Å². The highest BCUT2D eigenvalue weighted by atomic mass is 79.9. The van der Waals surface area contributed by atoms with Crippen LogP contribution in [0.2, 0.25) is 0 Å². The fraction of sp³-hybridized carbons (Fsp3) is 0.0645. The minimum absolute atomic E-state index is 0.00806. The summed E-state index contributed by atoms with van der Waals surface area (Å²) in [6.07, 6.45) is -3.36. The number of hydrazone groups is 1. The number of nitrogens with zero attached hydrogens (tertiary/aromatic N) is 1. The lowest BCUT2D eigenvalue weighted by Gasteiger charge is -2.12. The van der Waals surface area contributed by atoms with Crippen LogP contribution < -0.4 is 14.9 Å². The number of halogens is 5. The third-order valence-corrected chi connectivity index (χ3v) is 7.37. The SMILES string of the molecule is COc1ccc2[nH]c(C(=O)NN=Cc3cc(Br)cc(Br)c3OC(=O)c3cccc(C(F)(F)F)c3)c(-c3ccccc3)c2c1. The Bertz CT molecular complexity index is 1870. The summed E-state index contributed by atoms with van der Waals surface area (Å²) in [7, 11) is 1.56. The Balaban J connectivity index is 1.43. The number of esters is 1. The number of H-pyrrole nitrogens is 1. The molecule has 0 spiro atoms. The van der Waals surface area contributed by atoms with Crippen LogP contribution in [-0.4, -0.2) is 30.2 Å². The van der Waals surface area contributed by atoms with Gasteiger partial charge < -0.3 is 14.5 Å². The fourth-order valence-corrected chi connectivity index (χ4v) is 5.69. The Labute approximate surface area is 260 Å². The van der Waals surface area contributed by atoms with Crippen LogP contribution in [0.4, 0.5) is 13.2 Å². The van der Waals surface area contributed by atoms with Gasteiger partial charge in [0.1, 0.15) is 11.4 Å². The molecule has 0 saturated carbocycles. The van der Waals surface area contributed by atoms with Gasteiger partial charge in [0.2, 0.25) is 0 Å². The predicted molar refractivity (Wildman–Crippen MR) is 164 cm³/mol. The Hall–Kier alpha value is -4.42. The first-order chi connectivity index (χ1) is 20.5. The molecule has 1 amide bonds. The number of alkyl halides is 3. The number of hydrogen-bond donors (Lipinski definition) is 2. The van der Waals surface area contributed by atoms with Crippen molar-refractivity contribution in [1.82, 2.24) is 10.4 Å². The van der Waals surface area contributed by atoms with Gasteiger partial charge in [-0.05, 0) is 70.0 Å². The highest BCUT2D eigenvalue weighted by Crippen LogP contribution is 2.36. The number of rotatable bonds is 7. The summed E-state index contributed by atoms with van der Waals surface area (Å²) in [5, 5.41) is 4.85. The second kappa shape index (κ2) is 12.4. The maximum Gasteiger partial charge on any atom is 0.416 e. The van der Waals surface area contributed by atoms with Gasteiger partial charge in [0, 0.05) is 26.5 Å². The van der Waals surface area contributed by atoms with E-state index in [9.17, 15) is 22.8 Å². The van der Waals surface area contributed by atoms with Gasteiger partial charge in [-0.15, -0.1) is 0 Å². The predicted octanol–water partition coefficient (Wildman–Crippen LogP) is 8.37. The topological polar surface area (TPSA) is 92.8 Å². The number of ether oxygens (including phenoxy) is 2. The van der Waals surface area contributed by atoms with Crippen LogP contribution in [0.15, 0.2) is 99.0 Å². The van der Waals surface area contributed by atoms with E-state index < -0.39 is 23.6 Å². The molecule has 1 aromatic heterocycles. The molecule has 0 saturated heterocycles. The number of aromatic amines is 1. The Kier molecular flexibility index (Phi) is 8.69. The number of fused-ring (bicyclic) bond motifs is 1. The lowest BCUT2D eigenvalue weighted by molar-refractivity contribution is -0.137. The second-order valence-electron chi connectivity index (χ2n) is 9.13. The molecule has 0 atom stereocenters. The van der Waals surface area contributed by atoms with Crippen LogP contribution in [0.25, 0.3) is 22.0 Å².